The van der Waals surface area contributed by atoms with Gasteiger partial charge in [-0.05, 0) is 19.1 Å². The minimum atomic E-state index is 0.478. The van der Waals surface area contributed by atoms with Crippen LogP contribution >= 0.6 is 0 Å². The number of hydrogen-bond donors (Lipinski definition) is 0. The van der Waals surface area contributed by atoms with E-state index in [2.05, 4.69) is 9.97 Å². The van der Waals surface area contributed by atoms with Crippen LogP contribution in [-0.4, -0.2) is 23.3 Å². The molecule has 0 bridgehead atoms. The van der Waals surface area contributed by atoms with E-state index >= 15 is 0 Å². The summed E-state index contributed by atoms with van der Waals surface area (Å²) in [6.45, 7) is 2.04. The second kappa shape index (κ2) is 4.74. The van der Waals surface area contributed by atoms with Crippen molar-refractivity contribution in [2.45, 2.75) is 6.92 Å². The van der Waals surface area contributed by atoms with Crippen molar-refractivity contribution in [3.63, 3.8) is 0 Å². The summed E-state index contributed by atoms with van der Waals surface area (Å²) in [6.07, 6.45) is 3.76. The molecular formula is C13H13N3O. The van der Waals surface area contributed by atoms with E-state index in [1.54, 1.807) is 0 Å². The van der Waals surface area contributed by atoms with Crippen molar-refractivity contribution >= 4 is 17.9 Å². The van der Waals surface area contributed by atoms with E-state index in [1.165, 1.54) is 18.0 Å². The molecule has 4 nitrogen and oxygen atoms in total. The summed E-state index contributed by atoms with van der Waals surface area (Å²) in [7, 11) is 1.89. The number of carbonyl (C=O) groups excluding carboxylic acids is 1. The van der Waals surface area contributed by atoms with Gasteiger partial charge < -0.3 is 4.90 Å². The maximum Gasteiger partial charge on any atom is 0.229 e. The van der Waals surface area contributed by atoms with Gasteiger partial charge in [0.15, 0.2) is 6.29 Å². The van der Waals surface area contributed by atoms with Crippen LogP contribution in [0.1, 0.15) is 15.9 Å². The zero-order valence-corrected chi connectivity index (χ0v) is 9.79. The van der Waals surface area contributed by atoms with Gasteiger partial charge in [-0.15, -0.1) is 0 Å². The third-order valence-corrected chi connectivity index (χ3v) is 2.52. The molecule has 1 aromatic carbocycles. The molecule has 2 rings (SSSR count). The van der Waals surface area contributed by atoms with E-state index in [0.717, 1.165) is 12.0 Å². The molecule has 0 saturated heterocycles. The Morgan fingerprint density at radius 1 is 1.12 bits per heavy atom. The number of nitrogens with zero attached hydrogens (tertiary/aromatic N) is 3. The highest BCUT2D eigenvalue weighted by molar-refractivity contribution is 5.73. The van der Waals surface area contributed by atoms with E-state index in [4.69, 9.17) is 0 Å². The molecule has 0 N–H and O–H groups in total. The van der Waals surface area contributed by atoms with Gasteiger partial charge >= 0.3 is 0 Å². The molecule has 4 heteroatoms. The van der Waals surface area contributed by atoms with E-state index in [-0.39, 0.29) is 0 Å². The molecule has 0 atom stereocenters. The van der Waals surface area contributed by atoms with E-state index in [1.807, 2.05) is 43.1 Å². The quantitative estimate of drug-likeness (QED) is 0.755. The average molecular weight is 227 g/mol. The highest BCUT2D eigenvalue weighted by atomic mass is 16.1. The lowest BCUT2D eigenvalue weighted by molar-refractivity contribution is 0.112. The van der Waals surface area contributed by atoms with Crippen LogP contribution in [-0.2, 0) is 0 Å². The Balaban J connectivity index is 2.26. The molecule has 0 aliphatic heterocycles. The van der Waals surface area contributed by atoms with Crippen LogP contribution in [0.2, 0.25) is 0 Å². The van der Waals surface area contributed by atoms with Crippen LogP contribution in [0.15, 0.2) is 36.7 Å². The number of benzene rings is 1. The van der Waals surface area contributed by atoms with Gasteiger partial charge in [-0.2, -0.15) is 0 Å². The topological polar surface area (TPSA) is 46.1 Å². The maximum absolute atomic E-state index is 10.5. The second-order valence-electron chi connectivity index (χ2n) is 3.83. The fourth-order valence-electron chi connectivity index (χ4n) is 1.45. The van der Waals surface area contributed by atoms with Crippen molar-refractivity contribution in [2.24, 2.45) is 0 Å². The SMILES string of the molecule is Cc1ccc(N(C)c2ncc(C=O)cn2)cc1. The van der Waals surface area contributed by atoms with Gasteiger partial charge in [-0.25, -0.2) is 9.97 Å². The molecule has 0 spiro atoms. The molecule has 0 fully saturated rings. The van der Waals surface area contributed by atoms with Crippen molar-refractivity contribution in [3.05, 3.63) is 47.8 Å². The molecular weight excluding hydrogens is 214 g/mol. The Bertz CT molecular complexity index is 505. The Labute approximate surface area is 99.9 Å². The van der Waals surface area contributed by atoms with Gasteiger partial charge in [0.2, 0.25) is 5.95 Å². The van der Waals surface area contributed by atoms with E-state index in [9.17, 15) is 4.79 Å². The first-order valence-corrected chi connectivity index (χ1v) is 5.28. The average Bonchev–Trinajstić information content (AvgIpc) is 2.39. The summed E-state index contributed by atoms with van der Waals surface area (Å²) in [6, 6.07) is 8.08. The summed E-state index contributed by atoms with van der Waals surface area (Å²) in [5, 5.41) is 0. The molecule has 0 radical (unpaired) electrons. The Kier molecular flexibility index (Phi) is 3.14. The third kappa shape index (κ3) is 2.47. The lowest BCUT2D eigenvalue weighted by atomic mass is 10.2. The van der Waals surface area contributed by atoms with Gasteiger partial charge in [0, 0.05) is 25.1 Å². The van der Waals surface area contributed by atoms with Crippen molar-refractivity contribution < 1.29 is 4.79 Å². The fraction of sp³-hybridized carbons (Fsp3) is 0.154. The summed E-state index contributed by atoms with van der Waals surface area (Å²) in [5.41, 5.74) is 2.69. The number of anilines is 2. The lowest BCUT2D eigenvalue weighted by Gasteiger charge is -2.16. The Morgan fingerprint density at radius 3 is 2.24 bits per heavy atom. The van der Waals surface area contributed by atoms with Crippen molar-refractivity contribution in [1.82, 2.24) is 9.97 Å². The highest BCUT2D eigenvalue weighted by Crippen LogP contribution is 2.19. The van der Waals surface area contributed by atoms with Gasteiger partial charge in [0.25, 0.3) is 0 Å². The number of aryl methyl sites for hydroxylation is 1. The van der Waals surface area contributed by atoms with E-state index in [0.29, 0.717) is 11.5 Å². The lowest BCUT2D eigenvalue weighted by Crippen LogP contribution is -2.12. The summed E-state index contributed by atoms with van der Waals surface area (Å²) < 4.78 is 0. The number of rotatable bonds is 3. The zero-order chi connectivity index (χ0) is 12.3. The number of aromatic nitrogens is 2. The first kappa shape index (κ1) is 11.3. The molecule has 0 aliphatic rings. The fourth-order valence-corrected chi connectivity index (χ4v) is 1.45. The molecule has 0 unspecified atom stereocenters. The minimum Gasteiger partial charge on any atom is -0.314 e. The van der Waals surface area contributed by atoms with E-state index < -0.39 is 0 Å². The number of hydrogen-bond acceptors (Lipinski definition) is 4. The molecule has 1 heterocycles. The largest absolute Gasteiger partial charge is 0.314 e. The van der Waals surface area contributed by atoms with Crippen molar-refractivity contribution in [2.75, 3.05) is 11.9 Å². The molecule has 17 heavy (non-hydrogen) atoms. The summed E-state index contributed by atoms with van der Waals surface area (Å²) in [4.78, 5) is 20.6. The third-order valence-electron chi connectivity index (χ3n) is 2.52. The predicted molar refractivity (Wildman–Crippen MR) is 66.7 cm³/mol. The van der Waals surface area contributed by atoms with Crippen LogP contribution in [0.5, 0.6) is 0 Å². The Hall–Kier alpha value is -2.23. The minimum absolute atomic E-state index is 0.478. The normalized spacial score (nSPS) is 10.0. The highest BCUT2D eigenvalue weighted by Gasteiger charge is 2.06. The summed E-state index contributed by atoms with van der Waals surface area (Å²) in [5.74, 6) is 0.569. The number of carbonyl (C=O) groups is 1. The van der Waals surface area contributed by atoms with Crippen LogP contribution < -0.4 is 4.90 Å². The van der Waals surface area contributed by atoms with Crippen LogP contribution in [0.3, 0.4) is 0 Å². The monoisotopic (exact) mass is 227 g/mol. The van der Waals surface area contributed by atoms with Gasteiger partial charge in [0.1, 0.15) is 0 Å². The first-order chi connectivity index (χ1) is 8.20. The van der Waals surface area contributed by atoms with Crippen LogP contribution in [0.25, 0.3) is 0 Å². The molecule has 1 aromatic heterocycles. The summed E-state index contributed by atoms with van der Waals surface area (Å²) >= 11 is 0. The predicted octanol–water partition coefficient (Wildman–Crippen LogP) is 2.37. The second-order valence-corrected chi connectivity index (χ2v) is 3.83. The first-order valence-electron chi connectivity index (χ1n) is 5.28. The maximum atomic E-state index is 10.5. The van der Waals surface area contributed by atoms with Gasteiger partial charge in [-0.3, -0.25) is 4.79 Å². The standard InChI is InChI=1S/C13H13N3O/c1-10-3-5-12(6-4-10)16(2)13-14-7-11(9-17)8-15-13/h3-9H,1-2H3. The Morgan fingerprint density at radius 2 is 1.71 bits per heavy atom. The van der Waals surface area contributed by atoms with Crippen LogP contribution in [0.4, 0.5) is 11.6 Å². The van der Waals surface area contributed by atoms with Crippen molar-refractivity contribution in [3.8, 4) is 0 Å². The van der Waals surface area contributed by atoms with Crippen LogP contribution in [0, 0.1) is 6.92 Å². The zero-order valence-electron chi connectivity index (χ0n) is 9.79. The molecule has 0 amide bonds. The van der Waals surface area contributed by atoms with Gasteiger partial charge in [-0.1, -0.05) is 17.7 Å². The molecule has 0 aliphatic carbocycles. The molecule has 86 valence electrons. The van der Waals surface area contributed by atoms with Crippen molar-refractivity contribution in [1.29, 1.82) is 0 Å². The molecule has 2 aromatic rings. The number of aldehydes is 1. The smallest absolute Gasteiger partial charge is 0.229 e. The molecule has 0 saturated carbocycles. The van der Waals surface area contributed by atoms with Gasteiger partial charge in [0.05, 0.1) is 5.56 Å².